The van der Waals surface area contributed by atoms with E-state index in [-0.39, 0.29) is 11.0 Å². The molecule has 0 fully saturated rings. The van der Waals surface area contributed by atoms with Gasteiger partial charge in [-0.25, -0.2) is 4.79 Å². The minimum atomic E-state index is -0.394. The van der Waals surface area contributed by atoms with Crippen molar-refractivity contribution in [1.82, 2.24) is 0 Å². The molecule has 4 aromatic carbocycles. The van der Waals surface area contributed by atoms with Crippen molar-refractivity contribution in [2.75, 3.05) is 5.32 Å². The van der Waals surface area contributed by atoms with E-state index >= 15 is 0 Å². The van der Waals surface area contributed by atoms with E-state index in [0.717, 1.165) is 44.1 Å². The molecular formula is C30H21NO3S. The maximum atomic E-state index is 13.5. The summed E-state index contributed by atoms with van der Waals surface area (Å²) in [5, 5.41) is 3.33. The number of carbonyl (C=O) groups is 2. The molecule has 1 atom stereocenters. The Labute approximate surface area is 207 Å². The molecule has 35 heavy (non-hydrogen) atoms. The van der Waals surface area contributed by atoms with Crippen molar-refractivity contribution in [2.45, 2.75) is 17.1 Å². The van der Waals surface area contributed by atoms with Crippen molar-refractivity contribution in [3.63, 3.8) is 0 Å². The van der Waals surface area contributed by atoms with Crippen LogP contribution in [-0.2, 0) is 0 Å². The van der Waals surface area contributed by atoms with Crippen molar-refractivity contribution >= 4 is 34.9 Å². The lowest BCUT2D eigenvalue weighted by Gasteiger charge is -2.17. The van der Waals surface area contributed by atoms with E-state index in [9.17, 15) is 9.59 Å². The third-order valence-electron chi connectivity index (χ3n) is 6.26. The third-order valence-corrected chi connectivity index (χ3v) is 7.61. The molecule has 0 bridgehead atoms. The van der Waals surface area contributed by atoms with Crippen LogP contribution in [0.5, 0.6) is 5.75 Å². The quantitative estimate of drug-likeness (QED) is 0.253. The van der Waals surface area contributed by atoms with Gasteiger partial charge < -0.3 is 10.1 Å². The first-order chi connectivity index (χ1) is 17.1. The topological polar surface area (TPSA) is 55.4 Å². The Balaban J connectivity index is 1.36. The lowest BCUT2D eigenvalue weighted by molar-refractivity contribution is 0.0734. The van der Waals surface area contributed by atoms with Gasteiger partial charge in [-0.2, -0.15) is 0 Å². The van der Waals surface area contributed by atoms with Crippen LogP contribution in [-0.4, -0.2) is 11.8 Å². The molecule has 1 N–H and O–H groups in total. The number of nitrogens with one attached hydrogen (secondary N) is 1. The molecule has 2 aliphatic rings. The van der Waals surface area contributed by atoms with E-state index in [1.54, 1.807) is 36.0 Å². The number of fused-ring (bicyclic) bond motifs is 3. The molecule has 1 heterocycles. The lowest BCUT2D eigenvalue weighted by Crippen LogP contribution is -2.09. The zero-order valence-electron chi connectivity index (χ0n) is 18.9. The van der Waals surface area contributed by atoms with Gasteiger partial charge >= 0.3 is 5.97 Å². The highest BCUT2D eigenvalue weighted by molar-refractivity contribution is 8.00. The summed E-state index contributed by atoms with van der Waals surface area (Å²) in [4.78, 5) is 27.2. The molecule has 4 nitrogen and oxygen atoms in total. The van der Waals surface area contributed by atoms with E-state index in [1.165, 1.54) is 0 Å². The Morgan fingerprint density at radius 2 is 1.60 bits per heavy atom. The summed E-state index contributed by atoms with van der Waals surface area (Å²) in [6, 6.07) is 30.6. The van der Waals surface area contributed by atoms with Crippen LogP contribution in [0.15, 0.2) is 108 Å². The summed E-state index contributed by atoms with van der Waals surface area (Å²) < 4.78 is 5.60. The number of benzene rings is 4. The van der Waals surface area contributed by atoms with Gasteiger partial charge in [0.15, 0.2) is 5.78 Å². The fourth-order valence-corrected chi connectivity index (χ4v) is 5.86. The summed E-state index contributed by atoms with van der Waals surface area (Å²) in [7, 11) is 0. The molecule has 0 saturated carbocycles. The first-order valence-corrected chi connectivity index (χ1v) is 12.3. The van der Waals surface area contributed by atoms with E-state index < -0.39 is 5.97 Å². The van der Waals surface area contributed by atoms with Gasteiger partial charge in [0.25, 0.3) is 0 Å². The predicted molar refractivity (Wildman–Crippen MR) is 139 cm³/mol. The van der Waals surface area contributed by atoms with Crippen molar-refractivity contribution in [2.24, 2.45) is 0 Å². The fourth-order valence-electron chi connectivity index (χ4n) is 4.56. The second kappa shape index (κ2) is 8.60. The summed E-state index contributed by atoms with van der Waals surface area (Å²) in [6.45, 7) is 1.94. The van der Waals surface area contributed by atoms with Crippen LogP contribution in [0.25, 0.3) is 5.70 Å². The second-order valence-corrected chi connectivity index (χ2v) is 9.76. The van der Waals surface area contributed by atoms with Gasteiger partial charge in [0.2, 0.25) is 0 Å². The van der Waals surface area contributed by atoms with Gasteiger partial charge in [-0.15, -0.1) is 11.8 Å². The van der Waals surface area contributed by atoms with Crippen LogP contribution >= 0.6 is 11.8 Å². The number of ether oxygens (including phenoxy) is 1. The number of rotatable bonds is 3. The lowest BCUT2D eigenvalue weighted by atomic mass is 10.0. The SMILES string of the molecule is Cc1cccc(C(=O)Oc2ccc(C3Sc4ccccc4NC4=C3C(=O)c3ccccc34)cc2)c1. The second-order valence-electron chi connectivity index (χ2n) is 8.61. The molecule has 0 spiro atoms. The molecule has 5 heteroatoms. The smallest absolute Gasteiger partial charge is 0.343 e. The van der Waals surface area contributed by atoms with Crippen LogP contribution in [0.1, 0.15) is 42.7 Å². The molecule has 0 aromatic heterocycles. The normalized spacial score (nSPS) is 16.0. The number of hydrogen-bond acceptors (Lipinski definition) is 5. The molecule has 0 amide bonds. The van der Waals surface area contributed by atoms with E-state index in [1.807, 2.05) is 73.7 Å². The number of ketones is 1. The van der Waals surface area contributed by atoms with Gasteiger partial charge in [0, 0.05) is 21.6 Å². The first-order valence-electron chi connectivity index (χ1n) is 11.4. The molecular weight excluding hydrogens is 454 g/mol. The number of aryl methyl sites for hydroxylation is 1. The van der Waals surface area contributed by atoms with Crippen molar-refractivity contribution in [3.8, 4) is 5.75 Å². The van der Waals surface area contributed by atoms with Crippen LogP contribution in [0.2, 0.25) is 0 Å². The first kappa shape index (κ1) is 21.4. The fraction of sp³-hybridized carbons (Fsp3) is 0.0667. The molecule has 4 aromatic rings. The molecule has 6 rings (SSSR count). The van der Waals surface area contributed by atoms with Gasteiger partial charge in [-0.05, 0) is 48.9 Å². The standard InChI is InChI=1S/C30H21NO3S/c1-18-7-6-8-20(17-18)30(33)34-21-15-13-19(14-16-21)29-26-27(22-9-2-3-10-23(22)28(26)32)31-24-11-4-5-12-25(24)35-29/h2-17,29,31H,1H3. The number of anilines is 1. The average Bonchev–Trinajstić information content (AvgIpc) is 3.04. The van der Waals surface area contributed by atoms with E-state index in [4.69, 9.17) is 4.74 Å². The Morgan fingerprint density at radius 3 is 2.40 bits per heavy atom. The van der Waals surface area contributed by atoms with Gasteiger partial charge in [-0.1, -0.05) is 66.2 Å². The summed E-state index contributed by atoms with van der Waals surface area (Å²) in [6.07, 6.45) is 0. The minimum Gasteiger partial charge on any atom is -0.423 e. The number of hydrogen-bond donors (Lipinski definition) is 1. The van der Waals surface area contributed by atoms with Crippen molar-refractivity contribution < 1.29 is 14.3 Å². The number of carbonyl (C=O) groups excluding carboxylic acids is 2. The van der Waals surface area contributed by atoms with Gasteiger partial charge in [0.05, 0.1) is 22.2 Å². The zero-order valence-corrected chi connectivity index (χ0v) is 19.8. The largest absolute Gasteiger partial charge is 0.423 e. The number of para-hydroxylation sites is 1. The number of Topliss-reactive ketones (excluding diaryl/α,β-unsaturated/α-hetero) is 1. The molecule has 1 aliphatic carbocycles. The molecule has 170 valence electrons. The van der Waals surface area contributed by atoms with Crippen molar-refractivity contribution in [1.29, 1.82) is 0 Å². The van der Waals surface area contributed by atoms with Crippen LogP contribution in [0, 0.1) is 6.92 Å². The minimum absolute atomic E-state index is 0.0448. The highest BCUT2D eigenvalue weighted by atomic mass is 32.2. The van der Waals surface area contributed by atoms with E-state index in [0.29, 0.717) is 11.3 Å². The van der Waals surface area contributed by atoms with Crippen LogP contribution in [0.3, 0.4) is 0 Å². The Morgan fingerprint density at radius 1 is 0.857 bits per heavy atom. The zero-order chi connectivity index (χ0) is 23.9. The highest BCUT2D eigenvalue weighted by Crippen LogP contribution is 2.52. The highest BCUT2D eigenvalue weighted by Gasteiger charge is 2.38. The van der Waals surface area contributed by atoms with Crippen LogP contribution in [0.4, 0.5) is 5.69 Å². The average molecular weight is 476 g/mol. The monoisotopic (exact) mass is 475 g/mol. The Kier molecular flexibility index (Phi) is 5.27. The molecule has 0 radical (unpaired) electrons. The third kappa shape index (κ3) is 3.84. The summed E-state index contributed by atoms with van der Waals surface area (Å²) in [5.74, 6) is 0.117. The maximum absolute atomic E-state index is 13.5. The van der Waals surface area contributed by atoms with Gasteiger partial charge in [0.1, 0.15) is 5.75 Å². The maximum Gasteiger partial charge on any atom is 0.343 e. The Bertz CT molecular complexity index is 1520. The van der Waals surface area contributed by atoms with Gasteiger partial charge in [-0.3, -0.25) is 4.79 Å². The summed E-state index contributed by atoms with van der Waals surface area (Å²) >= 11 is 1.65. The van der Waals surface area contributed by atoms with Crippen molar-refractivity contribution in [3.05, 3.63) is 130 Å². The van der Waals surface area contributed by atoms with Crippen LogP contribution < -0.4 is 10.1 Å². The van der Waals surface area contributed by atoms with E-state index in [2.05, 4.69) is 11.4 Å². The number of esters is 1. The molecule has 1 unspecified atom stereocenters. The molecule has 1 aliphatic heterocycles. The molecule has 0 saturated heterocycles. The Hall–Kier alpha value is -4.09. The predicted octanol–water partition coefficient (Wildman–Crippen LogP) is 7.08. The summed E-state index contributed by atoms with van der Waals surface area (Å²) in [5.41, 5.74) is 6.73. The number of thioether (sulfide) groups is 1.